The van der Waals surface area contributed by atoms with Crippen molar-refractivity contribution in [1.29, 1.82) is 0 Å². The van der Waals surface area contributed by atoms with E-state index in [1.54, 1.807) is 0 Å². The number of para-hydroxylation sites is 3. The Kier molecular flexibility index (Phi) is 7.77. The average Bonchev–Trinajstić information content (AvgIpc) is 4.02. The minimum Gasteiger partial charge on any atom is -0.456 e. The predicted octanol–water partition coefficient (Wildman–Crippen LogP) is 14.0. The van der Waals surface area contributed by atoms with Crippen LogP contribution in [0.4, 0.5) is 0 Å². The quantitative estimate of drug-likeness (QED) is 0.167. The molecule has 7 nitrogen and oxygen atoms in total. The smallest absolute Gasteiger partial charge is 0.164 e. The van der Waals surface area contributed by atoms with Crippen LogP contribution in [0.1, 0.15) is 0 Å². The molecule has 0 N–H and O–H groups in total. The van der Waals surface area contributed by atoms with E-state index in [1.165, 1.54) is 10.8 Å². The molecule has 0 bridgehead atoms. The molecule has 5 aromatic heterocycles. The summed E-state index contributed by atoms with van der Waals surface area (Å²) in [5, 5.41) is 6.82. The van der Waals surface area contributed by atoms with E-state index >= 15 is 0 Å². The summed E-state index contributed by atoms with van der Waals surface area (Å²) in [5.41, 5.74) is 11.8. The first-order valence-corrected chi connectivity index (χ1v) is 21.1. The van der Waals surface area contributed by atoms with Gasteiger partial charge in [0, 0.05) is 60.3 Å². The van der Waals surface area contributed by atoms with Gasteiger partial charge < -0.3 is 8.98 Å². The normalized spacial score (nSPS) is 11.8. The lowest BCUT2D eigenvalue weighted by molar-refractivity contribution is 0.669. The summed E-state index contributed by atoms with van der Waals surface area (Å²) in [6.45, 7) is 0. The van der Waals surface area contributed by atoms with Gasteiger partial charge in [0.05, 0.1) is 27.8 Å². The van der Waals surface area contributed by atoms with Crippen LogP contribution in [-0.2, 0) is 0 Å². The van der Waals surface area contributed by atoms with Gasteiger partial charge >= 0.3 is 0 Å². The highest BCUT2D eigenvalue weighted by molar-refractivity contribution is 6.26. The summed E-state index contributed by atoms with van der Waals surface area (Å²) in [6.07, 6.45) is 0. The number of benzene rings is 8. The second-order valence-corrected chi connectivity index (χ2v) is 15.8. The van der Waals surface area contributed by atoms with Crippen molar-refractivity contribution in [3.63, 3.8) is 0 Å². The zero-order valence-electron chi connectivity index (χ0n) is 33.7. The Hall–Kier alpha value is -8.68. The van der Waals surface area contributed by atoms with E-state index < -0.39 is 0 Å². The van der Waals surface area contributed by atoms with Gasteiger partial charge in [-0.25, -0.2) is 19.9 Å². The Morgan fingerprint density at radius 3 is 1.70 bits per heavy atom. The van der Waals surface area contributed by atoms with Gasteiger partial charge in [0.15, 0.2) is 17.5 Å². The van der Waals surface area contributed by atoms with Crippen LogP contribution in [0, 0.1) is 0 Å². The first-order valence-electron chi connectivity index (χ1n) is 21.1. The van der Waals surface area contributed by atoms with Crippen LogP contribution in [0.2, 0.25) is 0 Å². The molecule has 7 heteroatoms. The predicted molar refractivity (Wildman–Crippen MR) is 255 cm³/mol. The maximum Gasteiger partial charge on any atom is 0.164 e. The number of rotatable bonds is 6. The molecule has 0 aliphatic carbocycles. The molecule has 0 radical (unpaired) electrons. The fourth-order valence-corrected chi connectivity index (χ4v) is 9.34. The SMILES string of the molecule is c1ccc(-c2nc(-c3ccccc3)nc(-c3cccc(-n4c5ccccc5c5c4ccc4c6ccccc6n(-c6cccc(-c7ccc8oc9ccccc9c8c7)n6)c45)c3)n2)cc1. The summed E-state index contributed by atoms with van der Waals surface area (Å²) in [6, 6.07) is 71.4. The van der Waals surface area contributed by atoms with Gasteiger partial charge in [0.25, 0.3) is 0 Å². The van der Waals surface area contributed by atoms with Crippen molar-refractivity contribution in [2.24, 2.45) is 0 Å². The van der Waals surface area contributed by atoms with E-state index in [4.69, 9.17) is 24.4 Å². The van der Waals surface area contributed by atoms with E-state index in [0.29, 0.717) is 17.5 Å². The van der Waals surface area contributed by atoms with Gasteiger partial charge in [-0.2, -0.15) is 0 Å². The highest BCUT2D eigenvalue weighted by atomic mass is 16.3. The molecule has 0 saturated heterocycles. The third-order valence-corrected chi connectivity index (χ3v) is 12.2. The largest absolute Gasteiger partial charge is 0.456 e. The topological polar surface area (TPSA) is 74.6 Å². The number of hydrogen-bond donors (Lipinski definition) is 0. The monoisotopic (exact) mass is 806 g/mol. The molecule has 0 aliphatic rings. The van der Waals surface area contributed by atoms with Crippen LogP contribution in [0.5, 0.6) is 0 Å². The van der Waals surface area contributed by atoms with E-state index in [1.807, 2.05) is 72.8 Å². The minimum atomic E-state index is 0.610. The van der Waals surface area contributed by atoms with Crippen LogP contribution in [0.15, 0.2) is 211 Å². The number of aromatic nitrogens is 6. The lowest BCUT2D eigenvalue weighted by atomic mass is 10.1. The number of nitrogens with zero attached hydrogens (tertiary/aromatic N) is 6. The summed E-state index contributed by atoms with van der Waals surface area (Å²) < 4.78 is 10.9. The number of fused-ring (bicyclic) bond motifs is 10. The van der Waals surface area contributed by atoms with Crippen LogP contribution in [-0.4, -0.2) is 29.1 Å². The van der Waals surface area contributed by atoms with Crippen LogP contribution >= 0.6 is 0 Å². The molecule has 13 rings (SSSR count). The van der Waals surface area contributed by atoms with Crippen LogP contribution < -0.4 is 0 Å². The van der Waals surface area contributed by atoms with Gasteiger partial charge in [0.2, 0.25) is 0 Å². The molecule has 0 saturated carbocycles. The summed E-state index contributed by atoms with van der Waals surface area (Å²) in [5.74, 6) is 2.72. The van der Waals surface area contributed by atoms with Gasteiger partial charge in [-0.3, -0.25) is 4.57 Å². The fourth-order valence-electron chi connectivity index (χ4n) is 9.34. The van der Waals surface area contributed by atoms with Crippen molar-refractivity contribution < 1.29 is 4.42 Å². The van der Waals surface area contributed by atoms with E-state index in [0.717, 1.165) is 94.2 Å². The van der Waals surface area contributed by atoms with E-state index in [9.17, 15) is 0 Å². The fraction of sp³-hybridized carbons (Fsp3) is 0. The van der Waals surface area contributed by atoms with Crippen LogP contribution in [0.3, 0.4) is 0 Å². The molecule has 5 heterocycles. The number of pyridine rings is 1. The van der Waals surface area contributed by atoms with Gasteiger partial charge in [0.1, 0.15) is 17.0 Å². The first-order chi connectivity index (χ1) is 31.2. The summed E-state index contributed by atoms with van der Waals surface area (Å²) in [4.78, 5) is 20.5. The van der Waals surface area contributed by atoms with Crippen molar-refractivity contribution in [3.05, 3.63) is 206 Å². The van der Waals surface area contributed by atoms with Crippen LogP contribution in [0.25, 0.3) is 122 Å². The van der Waals surface area contributed by atoms with Gasteiger partial charge in [-0.15, -0.1) is 0 Å². The second-order valence-electron chi connectivity index (χ2n) is 15.8. The zero-order valence-corrected chi connectivity index (χ0v) is 33.7. The van der Waals surface area contributed by atoms with Crippen molar-refractivity contribution in [3.8, 4) is 56.9 Å². The second kappa shape index (κ2) is 13.9. The molecule has 63 heavy (non-hydrogen) atoms. The molecule has 0 aliphatic heterocycles. The molecule has 0 fully saturated rings. The van der Waals surface area contributed by atoms with Crippen molar-refractivity contribution in [2.75, 3.05) is 0 Å². The molecule has 0 spiro atoms. The number of hydrogen-bond acceptors (Lipinski definition) is 5. The zero-order chi connectivity index (χ0) is 41.4. The molecule has 294 valence electrons. The average molecular weight is 807 g/mol. The Bertz CT molecular complexity index is 3860. The Balaban J connectivity index is 1.02. The maximum absolute atomic E-state index is 6.17. The standard InChI is InChI=1S/C56H34N6O/c1-3-15-35(16-4-1)54-58-55(36-17-5-2-6-18-36)60-56(59-54)38-19-13-20-39(33-38)61-47-26-11-8-23-43(47)52-48(61)31-30-42-40-21-7-10-25-46(40)62(53(42)52)51-28-14-24-45(57-51)37-29-32-50-44(34-37)41-22-9-12-27-49(41)63-50/h1-34H. The molecule has 0 unspecified atom stereocenters. The summed E-state index contributed by atoms with van der Waals surface area (Å²) >= 11 is 0. The third kappa shape index (κ3) is 5.60. The highest BCUT2D eigenvalue weighted by Gasteiger charge is 2.22. The minimum absolute atomic E-state index is 0.610. The molecular formula is C56H34N6O. The van der Waals surface area contributed by atoms with Gasteiger partial charge in [-0.1, -0.05) is 140 Å². The first kappa shape index (κ1) is 35.1. The van der Waals surface area contributed by atoms with Crippen molar-refractivity contribution in [1.82, 2.24) is 29.1 Å². The van der Waals surface area contributed by atoms with Crippen molar-refractivity contribution >= 4 is 65.6 Å². The highest BCUT2D eigenvalue weighted by Crippen LogP contribution is 2.42. The number of furan rings is 1. The molecule has 0 atom stereocenters. The molecular weight excluding hydrogens is 773 g/mol. The third-order valence-electron chi connectivity index (χ3n) is 12.2. The Labute approximate surface area is 360 Å². The molecule has 8 aromatic carbocycles. The Morgan fingerprint density at radius 1 is 0.333 bits per heavy atom. The molecule has 13 aromatic rings. The lowest BCUT2D eigenvalue weighted by Gasteiger charge is -2.12. The summed E-state index contributed by atoms with van der Waals surface area (Å²) in [7, 11) is 0. The Morgan fingerprint density at radius 2 is 0.937 bits per heavy atom. The van der Waals surface area contributed by atoms with E-state index in [2.05, 4.69) is 143 Å². The van der Waals surface area contributed by atoms with Crippen molar-refractivity contribution in [2.45, 2.75) is 0 Å². The van der Waals surface area contributed by atoms with E-state index in [-0.39, 0.29) is 0 Å². The van der Waals surface area contributed by atoms with Gasteiger partial charge in [-0.05, 0) is 66.7 Å². The maximum atomic E-state index is 6.17. The molecule has 0 amide bonds. The lowest BCUT2D eigenvalue weighted by Crippen LogP contribution is -2.01.